The lowest BCUT2D eigenvalue weighted by molar-refractivity contribution is -0.264. The fourth-order valence-corrected chi connectivity index (χ4v) is 12.0. The van der Waals surface area contributed by atoms with E-state index in [9.17, 15) is 39.3 Å². The summed E-state index contributed by atoms with van der Waals surface area (Å²) in [6.07, 6.45) is 19.9. The molecule has 0 aromatic heterocycles. The second-order valence-corrected chi connectivity index (χ2v) is 22.3. The van der Waals surface area contributed by atoms with Gasteiger partial charge in [0, 0.05) is 44.9 Å². The average Bonchev–Trinajstić information content (AvgIpc) is 3.34. The number of ketones is 3. The highest BCUT2D eigenvalue weighted by atomic mass is 16.6. The normalized spacial score (nSPS) is 40.0. The van der Waals surface area contributed by atoms with Gasteiger partial charge in [0.1, 0.15) is 30.1 Å². The Morgan fingerprint density at radius 1 is 0.800 bits per heavy atom. The van der Waals surface area contributed by atoms with Gasteiger partial charge in [-0.25, -0.2) is 4.79 Å². The number of aliphatic hydroxyl groups excluding tert-OH is 2. The molecular formula is C57H89NO12. The van der Waals surface area contributed by atoms with E-state index in [0.29, 0.717) is 69.3 Å². The number of amides is 1. The number of cyclic esters (lactones) is 1. The number of hydrogen-bond acceptors (Lipinski definition) is 12. The Bertz CT molecular complexity index is 1880. The Morgan fingerprint density at radius 2 is 1.51 bits per heavy atom. The first-order valence-corrected chi connectivity index (χ1v) is 26.9. The molecule has 13 nitrogen and oxygen atoms in total. The zero-order valence-electron chi connectivity index (χ0n) is 44.0. The number of esters is 1. The van der Waals surface area contributed by atoms with Crippen molar-refractivity contribution in [3.8, 4) is 0 Å². The fourth-order valence-electron chi connectivity index (χ4n) is 12.0. The highest BCUT2D eigenvalue weighted by Gasteiger charge is 2.53. The van der Waals surface area contributed by atoms with Crippen LogP contribution in [0, 0.1) is 47.3 Å². The molecule has 394 valence electrons. The van der Waals surface area contributed by atoms with Gasteiger partial charge in [0.2, 0.25) is 5.79 Å². The minimum atomic E-state index is -2.38. The van der Waals surface area contributed by atoms with E-state index >= 15 is 0 Å². The van der Waals surface area contributed by atoms with Gasteiger partial charge in [0.25, 0.3) is 11.7 Å². The number of carbonyl (C=O) groups excluding carboxylic acids is 5. The van der Waals surface area contributed by atoms with Crippen molar-refractivity contribution in [2.75, 3.05) is 20.8 Å². The zero-order valence-corrected chi connectivity index (χ0v) is 44.0. The number of nitrogens with zero attached hydrogens (tertiary/aromatic N) is 1. The molecule has 0 spiro atoms. The van der Waals surface area contributed by atoms with Gasteiger partial charge in [0.15, 0.2) is 5.78 Å². The third-order valence-electron chi connectivity index (χ3n) is 16.7. The summed E-state index contributed by atoms with van der Waals surface area (Å²) in [6.45, 7) is 13.2. The van der Waals surface area contributed by atoms with E-state index in [2.05, 4.69) is 19.1 Å². The molecule has 0 aromatic rings. The summed E-state index contributed by atoms with van der Waals surface area (Å²) >= 11 is 0. The molecule has 1 amide bonds. The molecule has 0 aromatic carbocycles. The van der Waals surface area contributed by atoms with E-state index in [-0.39, 0.29) is 60.7 Å². The number of ether oxygens (including phenoxy) is 4. The molecule has 2 bridgehead atoms. The first kappa shape index (κ1) is 57.6. The van der Waals surface area contributed by atoms with Crippen molar-refractivity contribution in [3.05, 3.63) is 47.6 Å². The van der Waals surface area contributed by atoms with Crippen molar-refractivity contribution in [1.82, 2.24) is 4.90 Å². The van der Waals surface area contributed by atoms with Crippen LogP contribution in [0.2, 0.25) is 0 Å². The SMILES string of the molecule is COC1C(=O)[C@H](C)C[C@H](C)/C=C/C=C/C=C(\C)C(CC2CCCCC2)C[C@@H]2CC[C@@H](C)[C@@](O)(O2)C(=O)C(=O)N2CCCC[C@H]2C(=O)O[C@H]([C@H](C)C[C@@H]2CC[C@@H](O)[C@H](OC)C2)CC(=O)[C@H](C)/C=C(\C)[C@H]1O. The molecular weight excluding hydrogens is 891 g/mol. The van der Waals surface area contributed by atoms with Crippen LogP contribution in [0.5, 0.6) is 0 Å². The second-order valence-electron chi connectivity index (χ2n) is 22.3. The Morgan fingerprint density at radius 3 is 2.21 bits per heavy atom. The molecule has 15 atom stereocenters. The lowest BCUT2D eigenvalue weighted by Crippen LogP contribution is -2.60. The van der Waals surface area contributed by atoms with Gasteiger partial charge in [-0.3, -0.25) is 19.2 Å². The minimum absolute atomic E-state index is 0.0446. The molecule has 5 aliphatic rings. The smallest absolute Gasteiger partial charge is 0.329 e. The number of methoxy groups -OCH3 is 2. The lowest BCUT2D eigenvalue weighted by atomic mass is 9.77. The summed E-state index contributed by atoms with van der Waals surface area (Å²) in [6, 6.07) is -1.12. The highest BCUT2D eigenvalue weighted by Crippen LogP contribution is 2.41. The first-order chi connectivity index (χ1) is 33.3. The standard InChI is InChI=1S/C57H89NO12/c1-35-18-12-10-13-19-36(2)44(31-42-20-14-11-15-21-42)33-45-25-23-41(7)57(66,70-45)54(63)55(64)58-27-17-16-22-46(58)56(65)69-49(38(4)30-43-24-26-47(59)50(32-43)67-8)34-48(60)37(3)29-40(6)52(62)53(68-9)51(61)39(5)28-35/h10,12-13,18-19,29,35,37-39,41-47,49-50,52-53,59,62,66H,11,14-17,20-28,30-34H2,1-9H3/b13-10+,18-12+,36-19+,40-29+/t35-,37-,38-,39-,41-,43+,44?,45+,46+,47-,49+,50-,52-,53?,57-/m1/s1. The van der Waals surface area contributed by atoms with Crippen LogP contribution in [0.15, 0.2) is 47.6 Å². The Hall–Kier alpha value is -3.33. The van der Waals surface area contributed by atoms with Gasteiger partial charge < -0.3 is 39.2 Å². The summed E-state index contributed by atoms with van der Waals surface area (Å²) < 4.78 is 24.0. The van der Waals surface area contributed by atoms with Crippen LogP contribution in [0.3, 0.4) is 0 Å². The molecule has 0 radical (unpaired) electrons. The van der Waals surface area contributed by atoms with Gasteiger partial charge in [-0.1, -0.05) is 109 Å². The van der Waals surface area contributed by atoms with Crippen LogP contribution in [-0.2, 0) is 42.9 Å². The molecule has 2 unspecified atom stereocenters. The number of aliphatic hydroxyl groups is 3. The second kappa shape index (κ2) is 27.1. The molecule has 2 saturated carbocycles. The molecule has 13 heteroatoms. The summed E-state index contributed by atoms with van der Waals surface area (Å²) in [5, 5.41) is 34.3. The summed E-state index contributed by atoms with van der Waals surface area (Å²) in [4.78, 5) is 72.7. The monoisotopic (exact) mass is 980 g/mol. The maximum Gasteiger partial charge on any atom is 0.329 e. The van der Waals surface area contributed by atoms with Crippen LogP contribution in [0.4, 0.5) is 0 Å². The number of rotatable bonds is 7. The maximum atomic E-state index is 14.5. The minimum Gasteiger partial charge on any atom is -0.460 e. The van der Waals surface area contributed by atoms with Crippen LogP contribution < -0.4 is 0 Å². The Kier molecular flexibility index (Phi) is 22.3. The number of piperidine rings is 1. The number of carbonyl (C=O) groups is 5. The molecule has 5 rings (SSSR count). The van der Waals surface area contributed by atoms with E-state index in [4.69, 9.17) is 18.9 Å². The molecule has 4 fully saturated rings. The van der Waals surface area contributed by atoms with Crippen molar-refractivity contribution in [3.63, 3.8) is 0 Å². The predicted octanol–water partition coefficient (Wildman–Crippen LogP) is 8.75. The molecule has 70 heavy (non-hydrogen) atoms. The van der Waals surface area contributed by atoms with Gasteiger partial charge in [-0.15, -0.1) is 0 Å². The molecule has 3 N–H and O–H groups in total. The molecule has 3 heterocycles. The number of Topliss-reactive ketones (excluding diaryl/α,β-unsaturated/α-hetero) is 3. The third kappa shape index (κ3) is 15.4. The molecule has 3 aliphatic heterocycles. The fraction of sp³-hybridized carbons (Fsp3) is 0.772. The van der Waals surface area contributed by atoms with Crippen molar-refractivity contribution >= 4 is 29.2 Å². The van der Waals surface area contributed by atoms with Gasteiger partial charge in [0.05, 0.1) is 18.3 Å². The van der Waals surface area contributed by atoms with Crippen LogP contribution >= 0.6 is 0 Å². The average molecular weight is 980 g/mol. The first-order valence-electron chi connectivity index (χ1n) is 26.9. The van der Waals surface area contributed by atoms with Crippen molar-refractivity contribution < 1.29 is 58.2 Å². The van der Waals surface area contributed by atoms with Crippen molar-refractivity contribution in [2.24, 2.45) is 47.3 Å². The summed E-state index contributed by atoms with van der Waals surface area (Å²) in [7, 11) is 2.97. The third-order valence-corrected chi connectivity index (χ3v) is 16.7. The van der Waals surface area contributed by atoms with Crippen molar-refractivity contribution in [1.29, 1.82) is 0 Å². The predicted molar refractivity (Wildman–Crippen MR) is 269 cm³/mol. The maximum absolute atomic E-state index is 14.5. The summed E-state index contributed by atoms with van der Waals surface area (Å²) in [5.74, 6) is -6.95. The van der Waals surface area contributed by atoms with Crippen molar-refractivity contribution in [2.45, 2.75) is 212 Å². The van der Waals surface area contributed by atoms with Crippen LogP contribution in [0.1, 0.15) is 164 Å². The molecule has 2 saturated heterocycles. The topological polar surface area (TPSA) is 186 Å². The lowest BCUT2D eigenvalue weighted by Gasteiger charge is -2.43. The quantitative estimate of drug-likeness (QED) is 0.125. The van der Waals surface area contributed by atoms with E-state index in [1.165, 1.54) is 36.8 Å². The Labute approximate surface area is 419 Å². The van der Waals surface area contributed by atoms with E-state index in [1.807, 2.05) is 39.0 Å². The Balaban J connectivity index is 1.48. The summed E-state index contributed by atoms with van der Waals surface area (Å²) in [5.41, 5.74) is 1.57. The van der Waals surface area contributed by atoms with Gasteiger partial charge >= 0.3 is 5.97 Å². The van der Waals surface area contributed by atoms with E-state index in [0.717, 1.165) is 25.7 Å². The van der Waals surface area contributed by atoms with Gasteiger partial charge in [-0.05, 0) is 126 Å². The van der Waals surface area contributed by atoms with E-state index in [1.54, 1.807) is 34.0 Å². The largest absolute Gasteiger partial charge is 0.460 e. The number of hydrogen-bond donors (Lipinski definition) is 3. The van der Waals surface area contributed by atoms with Crippen LogP contribution in [0.25, 0.3) is 0 Å². The van der Waals surface area contributed by atoms with Gasteiger partial charge in [-0.2, -0.15) is 0 Å². The highest BCUT2D eigenvalue weighted by molar-refractivity contribution is 6.39. The zero-order chi connectivity index (χ0) is 51.3. The molecule has 2 aliphatic carbocycles. The van der Waals surface area contributed by atoms with E-state index < -0.39 is 77.8 Å². The number of fused-ring (bicyclic) bond motifs is 3. The number of allylic oxidation sites excluding steroid dienone is 7. The van der Waals surface area contributed by atoms with Crippen LogP contribution in [-0.4, -0.2) is 119 Å².